The van der Waals surface area contributed by atoms with Gasteiger partial charge in [-0.25, -0.2) is 23.1 Å². The maximum atomic E-state index is 13.7. The third-order valence-corrected chi connectivity index (χ3v) is 16.1. The van der Waals surface area contributed by atoms with Crippen molar-refractivity contribution in [3.63, 3.8) is 0 Å². The van der Waals surface area contributed by atoms with Crippen molar-refractivity contribution in [2.75, 3.05) is 36.8 Å². The molecule has 0 unspecified atom stereocenters. The number of benzene rings is 5. The molecule has 2 aliphatic heterocycles. The van der Waals surface area contributed by atoms with E-state index in [1.165, 1.54) is 42.0 Å². The highest BCUT2D eigenvalue weighted by molar-refractivity contribution is 9.10. The normalized spacial score (nSPS) is 13.8. The third-order valence-electron chi connectivity index (χ3n) is 14.8. The lowest BCUT2D eigenvalue weighted by molar-refractivity contribution is -0.139. The molecule has 0 radical (unpaired) electrons. The van der Waals surface area contributed by atoms with E-state index < -0.39 is 11.1 Å². The minimum atomic E-state index is -0.695. The number of nitrogens with one attached hydrogen (secondary N) is 2. The van der Waals surface area contributed by atoms with Crippen LogP contribution in [-0.4, -0.2) is 83.9 Å². The number of Topliss-reactive ketones (excluding diaryl/α,β-unsaturated/α-hetero) is 1. The second-order valence-corrected chi connectivity index (χ2v) is 22.7. The molecular weight excluding hydrogens is 1180 g/mol. The fourth-order valence-corrected chi connectivity index (χ4v) is 11.2. The van der Waals surface area contributed by atoms with Crippen molar-refractivity contribution >= 4 is 66.9 Å². The number of rotatable bonds is 21. The van der Waals surface area contributed by atoms with Gasteiger partial charge < -0.3 is 35.3 Å². The number of aromatic nitrogens is 4. The number of halogens is 5. The molecule has 82 heavy (non-hydrogen) atoms. The van der Waals surface area contributed by atoms with E-state index in [0.717, 1.165) is 83.6 Å². The molecule has 4 N–H and O–H groups in total. The number of hydrogen-bond acceptors (Lipinski definition) is 8. The summed E-state index contributed by atoms with van der Waals surface area (Å²) in [7, 11) is 0. The van der Waals surface area contributed by atoms with E-state index in [-0.39, 0.29) is 35.2 Å². The highest BCUT2D eigenvalue weighted by Crippen LogP contribution is 2.41. The lowest BCUT2D eigenvalue weighted by Crippen LogP contribution is -2.52. The number of amides is 3. The van der Waals surface area contributed by atoms with E-state index in [4.69, 9.17) is 15.7 Å². The number of hydrogen-bond donors (Lipinski definition) is 3. The highest BCUT2D eigenvalue weighted by Gasteiger charge is 2.42. The molecule has 0 spiro atoms. The smallest absolute Gasteiger partial charge is 0.234 e. The molecule has 2 aliphatic rings. The van der Waals surface area contributed by atoms with Gasteiger partial charge in [0.25, 0.3) is 0 Å². The Morgan fingerprint density at radius 1 is 0.561 bits per heavy atom. The van der Waals surface area contributed by atoms with Gasteiger partial charge in [0, 0.05) is 75.2 Å². The van der Waals surface area contributed by atoms with E-state index in [0.29, 0.717) is 93.3 Å². The SMILES string of the molecule is CC1(C)c2nc(-c3ccc(F)cc3)c(Br)n2CCN1C(=O)CBr.CC1(C)c2nc(-c3ccc(F)cc3)c(Nc3ccc(F)cc3)n2CCN1C(=O)CCCCCNC(=O)CCc1ccccc1.NCCCCC(=O)CCc1ccccc1. The van der Waals surface area contributed by atoms with Crippen LogP contribution in [0.3, 0.4) is 0 Å². The fraction of sp³-hybridized carbons (Fsp3) is 0.375. The molecule has 0 saturated carbocycles. The summed E-state index contributed by atoms with van der Waals surface area (Å²) in [4.78, 5) is 62.7. The third kappa shape index (κ3) is 16.6. The second-order valence-electron chi connectivity index (χ2n) is 21.4. The van der Waals surface area contributed by atoms with Crippen molar-refractivity contribution in [1.82, 2.24) is 34.2 Å². The zero-order chi connectivity index (χ0) is 58.8. The molecule has 0 fully saturated rings. The second kappa shape index (κ2) is 29.9. The monoisotopic (exact) mass is 1250 g/mol. The van der Waals surface area contributed by atoms with Crippen LogP contribution in [0.25, 0.3) is 22.5 Å². The number of nitrogens with zero attached hydrogens (tertiary/aromatic N) is 6. The molecule has 0 saturated heterocycles. The van der Waals surface area contributed by atoms with Crippen molar-refractivity contribution < 1.29 is 32.3 Å². The number of carbonyl (C=O) groups is 4. The summed E-state index contributed by atoms with van der Waals surface area (Å²) in [5.74, 6) is 1.82. The highest BCUT2D eigenvalue weighted by atomic mass is 79.9. The van der Waals surface area contributed by atoms with Crippen molar-refractivity contribution in [2.24, 2.45) is 5.73 Å². The largest absolute Gasteiger partial charge is 0.356 e. The van der Waals surface area contributed by atoms with E-state index in [1.807, 2.05) is 86.0 Å². The molecule has 18 heteroatoms. The number of imidazole rings is 2. The topological polar surface area (TPSA) is 160 Å². The summed E-state index contributed by atoms with van der Waals surface area (Å²) < 4.78 is 45.5. The Bertz CT molecular complexity index is 3210. The minimum Gasteiger partial charge on any atom is -0.356 e. The van der Waals surface area contributed by atoms with Crippen LogP contribution in [0.15, 0.2) is 138 Å². The lowest BCUT2D eigenvalue weighted by atomic mass is 9.98. The Morgan fingerprint density at radius 2 is 1.05 bits per heavy atom. The number of aryl methyl sites for hydroxylation is 2. The summed E-state index contributed by atoms with van der Waals surface area (Å²) >= 11 is 6.85. The summed E-state index contributed by atoms with van der Waals surface area (Å²) in [6.45, 7) is 11.6. The molecule has 2 aromatic heterocycles. The van der Waals surface area contributed by atoms with Gasteiger partial charge in [-0.1, -0.05) is 83.0 Å². The Morgan fingerprint density at radius 3 is 1.61 bits per heavy atom. The molecule has 0 atom stereocenters. The number of unbranched alkanes of at least 4 members (excludes halogenated alkanes) is 3. The van der Waals surface area contributed by atoms with Gasteiger partial charge in [0.05, 0.1) is 16.4 Å². The summed E-state index contributed by atoms with van der Waals surface area (Å²) in [6, 6.07) is 38.6. The number of ketones is 1. The molecule has 4 heterocycles. The molecule has 0 bridgehead atoms. The van der Waals surface area contributed by atoms with Crippen molar-refractivity contribution in [1.29, 1.82) is 0 Å². The molecule has 9 rings (SSSR count). The fourth-order valence-electron chi connectivity index (χ4n) is 10.2. The van der Waals surface area contributed by atoms with Gasteiger partial charge in [-0.2, -0.15) is 0 Å². The van der Waals surface area contributed by atoms with Crippen LogP contribution >= 0.6 is 31.9 Å². The van der Waals surface area contributed by atoms with E-state index in [2.05, 4.69) is 63.8 Å². The van der Waals surface area contributed by atoms with Crippen LogP contribution in [0.4, 0.5) is 24.7 Å². The zero-order valence-electron chi connectivity index (χ0n) is 47.2. The van der Waals surface area contributed by atoms with Crippen LogP contribution in [0.5, 0.6) is 0 Å². The number of alkyl halides is 1. The van der Waals surface area contributed by atoms with E-state index in [9.17, 15) is 32.3 Å². The van der Waals surface area contributed by atoms with Crippen LogP contribution < -0.4 is 16.4 Å². The zero-order valence-corrected chi connectivity index (χ0v) is 50.4. The van der Waals surface area contributed by atoms with Crippen molar-refractivity contribution in [3.05, 3.63) is 178 Å². The Labute approximate surface area is 496 Å². The van der Waals surface area contributed by atoms with Crippen molar-refractivity contribution in [2.45, 2.75) is 122 Å². The molecular formula is C64H74Br2F3N9O4. The van der Waals surface area contributed by atoms with Gasteiger partial charge in [-0.3, -0.25) is 19.2 Å². The van der Waals surface area contributed by atoms with Crippen LogP contribution in [0.1, 0.15) is 108 Å². The van der Waals surface area contributed by atoms with Gasteiger partial charge in [-0.05, 0) is 173 Å². The van der Waals surface area contributed by atoms with Crippen LogP contribution in [-0.2, 0) is 56.2 Å². The minimum absolute atomic E-state index is 0.0451. The standard InChI is InChI=1S/C35H39F2N5O2.C16H16Br2FN3O.C13H19NO/c1-35(2)34-40-32(26-13-15-27(36)16-14-26)33(39-29-19-17-28(37)18-20-29)41(34)23-24-42(35)31(44)11-7-4-8-22-38-30(43)21-12-25-9-5-3-6-10-25;1-16(2)15-20-13(10-3-5-11(19)6-4-10)14(18)21(15)7-8-22(16)12(23)9-17;14-11-5-4-8-13(15)10-9-12-6-2-1-3-7-12/h3,5-6,9-10,13-20,39H,4,7-8,11-12,21-24H2,1-2H3,(H,38,43);3-6H,7-9H2,1-2H3;1-3,6-7H,4-5,8-11,14H2. The van der Waals surface area contributed by atoms with E-state index in [1.54, 1.807) is 36.4 Å². The van der Waals surface area contributed by atoms with Crippen LogP contribution in [0, 0.1) is 17.5 Å². The van der Waals surface area contributed by atoms with Crippen molar-refractivity contribution in [3.8, 4) is 22.5 Å². The predicted molar refractivity (Wildman–Crippen MR) is 325 cm³/mol. The maximum Gasteiger partial charge on any atom is 0.234 e. The predicted octanol–water partition coefficient (Wildman–Crippen LogP) is 13.2. The first kappa shape index (κ1) is 62.7. The first-order valence-corrected chi connectivity index (χ1v) is 30.0. The van der Waals surface area contributed by atoms with Gasteiger partial charge in [-0.15, -0.1) is 0 Å². The number of anilines is 2. The average Bonchev–Trinajstić information content (AvgIpc) is 2.76. The average molecular weight is 1250 g/mol. The Hall–Kier alpha value is -6.89. The van der Waals surface area contributed by atoms with Gasteiger partial charge >= 0.3 is 0 Å². The number of carbonyl (C=O) groups excluding carboxylic acids is 4. The Kier molecular flexibility index (Phi) is 22.9. The lowest BCUT2D eigenvalue weighted by Gasteiger charge is -2.42. The molecule has 7 aromatic rings. The van der Waals surface area contributed by atoms with E-state index >= 15 is 0 Å². The van der Waals surface area contributed by atoms with Gasteiger partial charge in [0.2, 0.25) is 17.7 Å². The quantitative estimate of drug-likeness (QED) is 0.0473. The van der Waals surface area contributed by atoms with Crippen LogP contribution in [0.2, 0.25) is 0 Å². The first-order chi connectivity index (χ1) is 39.4. The molecule has 13 nitrogen and oxygen atoms in total. The van der Waals surface area contributed by atoms with Gasteiger partial charge in [0.15, 0.2) is 0 Å². The Balaban J connectivity index is 0.000000210. The summed E-state index contributed by atoms with van der Waals surface area (Å²) in [5, 5.41) is 6.66. The number of nitrogens with two attached hydrogens (primary N) is 1. The first-order valence-electron chi connectivity index (χ1n) is 28.1. The number of fused-ring (bicyclic) bond motifs is 2. The summed E-state index contributed by atoms with van der Waals surface area (Å²) in [6.07, 6.45) is 8.09. The maximum absolute atomic E-state index is 13.7. The molecule has 5 aromatic carbocycles. The molecule has 0 aliphatic carbocycles. The van der Waals surface area contributed by atoms with Gasteiger partial charge in [0.1, 0.15) is 56.7 Å². The summed E-state index contributed by atoms with van der Waals surface area (Å²) in [5.41, 5.74) is 10.2. The molecule has 3 amide bonds. The molecule has 434 valence electrons.